The lowest BCUT2D eigenvalue weighted by atomic mass is 9.69. The van der Waals surface area contributed by atoms with E-state index in [1.165, 1.54) is 33.4 Å². The summed E-state index contributed by atoms with van der Waals surface area (Å²) in [5, 5.41) is 0. The molecule has 0 unspecified atom stereocenters. The van der Waals surface area contributed by atoms with Crippen molar-refractivity contribution in [3.8, 4) is 22.3 Å². The number of rotatable bonds is 16. The van der Waals surface area contributed by atoms with E-state index in [1.807, 2.05) is 0 Å². The van der Waals surface area contributed by atoms with Crippen LogP contribution in [0.5, 0.6) is 0 Å². The van der Waals surface area contributed by atoms with Crippen LogP contribution in [0.4, 0.5) is 0 Å². The summed E-state index contributed by atoms with van der Waals surface area (Å²) in [7, 11) is 3.00. The minimum atomic E-state index is -0.421. The van der Waals surface area contributed by atoms with E-state index in [-0.39, 0.29) is 5.41 Å². The quantitative estimate of drug-likeness (QED) is 0.115. The molecule has 0 amide bonds. The molecule has 3 aromatic carbocycles. The molecule has 0 N–H and O–H groups in total. The Morgan fingerprint density at radius 2 is 1.13 bits per heavy atom. The first-order valence-corrected chi connectivity index (χ1v) is 17.0. The van der Waals surface area contributed by atoms with Gasteiger partial charge in [-0.2, -0.15) is 0 Å². The summed E-state index contributed by atoms with van der Waals surface area (Å²) in [6.45, 7) is 12.2. The van der Waals surface area contributed by atoms with Gasteiger partial charge in [0.05, 0.1) is 37.6 Å². The molecule has 0 radical (unpaired) electrons. The van der Waals surface area contributed by atoms with Crippen LogP contribution in [0.25, 0.3) is 22.3 Å². The molecule has 0 atom stereocenters. The molecule has 2 aliphatic rings. The Balaban J connectivity index is 1.56. The standard InChI is InChI=1S/C37H48BBrO6/c1-35(2)36(3,4)45-38(44-35)29-12-16-32-31-15-11-28(27-9-13-30(39)14-10-27)25-33(31)37(34(32)26-29,17-7-19-42-23-21-40-5)18-8-20-43-24-22-41-6/h9-16,25-26H,7-8,17-24H2,1-6H3. The molecule has 5 rings (SSSR count). The van der Waals surface area contributed by atoms with Crippen molar-refractivity contribution in [3.63, 3.8) is 0 Å². The lowest BCUT2D eigenvalue weighted by molar-refractivity contribution is 0.00578. The highest BCUT2D eigenvalue weighted by atomic mass is 79.9. The van der Waals surface area contributed by atoms with Gasteiger partial charge in [-0.1, -0.05) is 58.4 Å². The third-order valence-electron chi connectivity index (χ3n) is 9.74. The molecule has 8 heteroatoms. The van der Waals surface area contributed by atoms with Gasteiger partial charge in [0.15, 0.2) is 0 Å². The van der Waals surface area contributed by atoms with E-state index < -0.39 is 18.3 Å². The summed E-state index contributed by atoms with van der Waals surface area (Å²) in [5.41, 5.74) is 7.75. The molecule has 45 heavy (non-hydrogen) atoms. The van der Waals surface area contributed by atoms with Crippen molar-refractivity contribution in [2.45, 2.75) is 70.0 Å². The monoisotopic (exact) mass is 678 g/mol. The van der Waals surface area contributed by atoms with E-state index in [1.54, 1.807) is 14.2 Å². The first kappa shape index (κ1) is 34.3. The SMILES string of the molecule is COCCOCCCC1(CCCOCCOC)c2cc(B3OC(C)(C)C(C)(C)O3)ccc2-c2ccc(-c3ccc(Br)cc3)cc21. The zero-order valence-electron chi connectivity index (χ0n) is 27.7. The van der Waals surface area contributed by atoms with E-state index >= 15 is 0 Å². The smallest absolute Gasteiger partial charge is 0.399 e. The predicted molar refractivity (Wildman–Crippen MR) is 185 cm³/mol. The summed E-state index contributed by atoms with van der Waals surface area (Å²) in [6, 6.07) is 22.4. The maximum absolute atomic E-state index is 6.52. The lowest BCUT2D eigenvalue weighted by Crippen LogP contribution is -2.41. The Morgan fingerprint density at radius 3 is 1.69 bits per heavy atom. The van der Waals surface area contributed by atoms with Crippen LogP contribution in [0.1, 0.15) is 64.5 Å². The van der Waals surface area contributed by atoms with Gasteiger partial charge in [-0.15, -0.1) is 0 Å². The third kappa shape index (κ3) is 7.43. The van der Waals surface area contributed by atoms with Crippen molar-refractivity contribution in [1.82, 2.24) is 0 Å². The van der Waals surface area contributed by atoms with E-state index in [0.29, 0.717) is 39.6 Å². The molecular weight excluding hydrogens is 631 g/mol. The number of benzene rings is 3. The van der Waals surface area contributed by atoms with Crippen molar-refractivity contribution >= 4 is 28.5 Å². The van der Waals surface area contributed by atoms with Gasteiger partial charge in [0.2, 0.25) is 0 Å². The summed E-state index contributed by atoms with van der Waals surface area (Å²) in [4.78, 5) is 0. The fourth-order valence-corrected chi connectivity index (χ4v) is 6.83. The highest BCUT2D eigenvalue weighted by Gasteiger charge is 2.52. The van der Waals surface area contributed by atoms with Gasteiger partial charge >= 0.3 is 7.12 Å². The normalized spacial score (nSPS) is 17.4. The van der Waals surface area contributed by atoms with Gasteiger partial charge < -0.3 is 28.3 Å². The van der Waals surface area contributed by atoms with E-state index in [2.05, 4.69) is 104 Å². The molecule has 3 aromatic rings. The number of methoxy groups -OCH3 is 2. The summed E-state index contributed by atoms with van der Waals surface area (Å²) < 4.78 is 36.5. The number of halogens is 1. The van der Waals surface area contributed by atoms with Crippen molar-refractivity contribution < 1.29 is 28.3 Å². The van der Waals surface area contributed by atoms with Crippen LogP contribution in [0.2, 0.25) is 0 Å². The molecular formula is C37H48BBrO6. The third-order valence-corrected chi connectivity index (χ3v) is 10.3. The molecule has 1 aliphatic carbocycles. The highest BCUT2D eigenvalue weighted by molar-refractivity contribution is 9.10. The first-order valence-electron chi connectivity index (χ1n) is 16.2. The second-order valence-electron chi connectivity index (χ2n) is 13.2. The number of hydrogen-bond donors (Lipinski definition) is 0. The topological polar surface area (TPSA) is 55.4 Å². The molecule has 242 valence electrons. The number of ether oxygens (including phenoxy) is 4. The number of hydrogen-bond acceptors (Lipinski definition) is 6. The van der Waals surface area contributed by atoms with Crippen LogP contribution in [0.3, 0.4) is 0 Å². The molecule has 1 fully saturated rings. The first-order chi connectivity index (χ1) is 21.6. The molecule has 0 saturated carbocycles. The molecule has 6 nitrogen and oxygen atoms in total. The molecule has 1 heterocycles. The van der Waals surface area contributed by atoms with E-state index in [9.17, 15) is 0 Å². The van der Waals surface area contributed by atoms with Gasteiger partial charge in [0.1, 0.15) is 0 Å². The van der Waals surface area contributed by atoms with Gasteiger partial charge in [-0.3, -0.25) is 0 Å². The largest absolute Gasteiger partial charge is 0.494 e. The maximum Gasteiger partial charge on any atom is 0.494 e. The van der Waals surface area contributed by atoms with Gasteiger partial charge in [-0.05, 0) is 110 Å². The summed E-state index contributed by atoms with van der Waals surface area (Å²) in [6.07, 6.45) is 3.76. The van der Waals surface area contributed by atoms with Crippen LogP contribution >= 0.6 is 15.9 Å². The van der Waals surface area contributed by atoms with Crippen LogP contribution in [0, 0.1) is 0 Å². The van der Waals surface area contributed by atoms with Crippen molar-refractivity contribution in [3.05, 3.63) is 76.3 Å². The molecule has 0 spiro atoms. The molecule has 1 aliphatic heterocycles. The second kappa shape index (κ2) is 14.8. The number of fused-ring (bicyclic) bond motifs is 3. The van der Waals surface area contributed by atoms with Gasteiger partial charge in [0.25, 0.3) is 0 Å². The Kier molecular flexibility index (Phi) is 11.3. The van der Waals surface area contributed by atoms with Crippen LogP contribution < -0.4 is 5.46 Å². The highest BCUT2D eigenvalue weighted by Crippen LogP contribution is 2.54. The Bertz CT molecular complexity index is 1390. The van der Waals surface area contributed by atoms with Gasteiger partial charge in [-0.25, -0.2) is 0 Å². The minimum absolute atomic E-state index is 0.217. The Morgan fingerprint density at radius 1 is 0.622 bits per heavy atom. The van der Waals surface area contributed by atoms with Gasteiger partial charge in [0, 0.05) is 37.3 Å². The fourth-order valence-electron chi connectivity index (χ4n) is 6.56. The zero-order valence-corrected chi connectivity index (χ0v) is 29.3. The average molecular weight is 680 g/mol. The van der Waals surface area contributed by atoms with E-state index in [0.717, 1.165) is 35.6 Å². The maximum atomic E-state index is 6.52. The Hall–Kier alpha value is -2.04. The zero-order chi connectivity index (χ0) is 32.1. The second-order valence-corrected chi connectivity index (χ2v) is 14.1. The fraction of sp³-hybridized carbons (Fsp3) is 0.514. The molecule has 1 saturated heterocycles. The molecule has 0 bridgehead atoms. The summed E-state index contributed by atoms with van der Waals surface area (Å²) >= 11 is 3.60. The van der Waals surface area contributed by atoms with Crippen molar-refractivity contribution in [1.29, 1.82) is 0 Å². The predicted octanol–water partition coefficient (Wildman–Crippen LogP) is 7.57. The Labute approximate surface area is 278 Å². The van der Waals surface area contributed by atoms with Crippen molar-refractivity contribution in [2.24, 2.45) is 0 Å². The van der Waals surface area contributed by atoms with Crippen LogP contribution in [-0.4, -0.2) is 72.2 Å². The van der Waals surface area contributed by atoms with Crippen LogP contribution in [0.15, 0.2) is 65.1 Å². The minimum Gasteiger partial charge on any atom is -0.399 e. The summed E-state index contributed by atoms with van der Waals surface area (Å²) in [5.74, 6) is 0. The van der Waals surface area contributed by atoms with E-state index in [4.69, 9.17) is 28.3 Å². The van der Waals surface area contributed by atoms with Crippen molar-refractivity contribution in [2.75, 3.05) is 53.9 Å². The molecule has 0 aromatic heterocycles. The average Bonchev–Trinajstić information content (AvgIpc) is 3.41. The lowest BCUT2D eigenvalue weighted by Gasteiger charge is -2.33. The van der Waals surface area contributed by atoms with Crippen LogP contribution in [-0.2, 0) is 33.7 Å².